The summed E-state index contributed by atoms with van der Waals surface area (Å²) in [5.41, 5.74) is 0. The number of hydrogen-bond acceptors (Lipinski definition) is 4. The molecule has 1 fully saturated rings. The topological polar surface area (TPSA) is 55.9 Å². The molecule has 138 valence electrons. The Morgan fingerprint density at radius 2 is 1.75 bits per heavy atom. The smallest absolute Gasteiger partial charge is 0.240 e. The molecule has 0 aromatic rings. The van der Waals surface area contributed by atoms with Crippen LogP contribution >= 0.6 is 0 Å². The van der Waals surface area contributed by atoms with E-state index in [0.29, 0.717) is 32.1 Å². The zero-order valence-electron chi connectivity index (χ0n) is 15.8. The van der Waals surface area contributed by atoms with E-state index in [0.717, 1.165) is 26.2 Å². The third-order valence-electron chi connectivity index (χ3n) is 4.58. The molecule has 1 N–H and O–H groups in total. The quantitative estimate of drug-likeness (QED) is 0.632. The number of carbonyl (C=O) groups excluding carboxylic acids is 2. The monoisotopic (exact) mass is 338 g/mol. The first-order chi connectivity index (χ1) is 11.4. The molecule has 2 amide bonds. The predicted octanol–water partition coefficient (Wildman–Crippen LogP) is 0.799. The summed E-state index contributed by atoms with van der Waals surface area (Å²) < 4.78 is 0. The van der Waals surface area contributed by atoms with Gasteiger partial charge in [0.25, 0.3) is 0 Å². The number of carbonyl (C=O) groups is 2. The Balaban J connectivity index is 2.54. The Morgan fingerprint density at radius 1 is 1.17 bits per heavy atom. The number of amides is 2. The van der Waals surface area contributed by atoms with Gasteiger partial charge in [-0.3, -0.25) is 19.4 Å². The van der Waals surface area contributed by atoms with Crippen molar-refractivity contribution in [2.75, 3.05) is 52.4 Å². The van der Waals surface area contributed by atoms with Gasteiger partial charge in [0.05, 0.1) is 12.6 Å². The van der Waals surface area contributed by atoms with Crippen LogP contribution < -0.4 is 5.32 Å². The molecule has 1 rings (SSSR count). The maximum Gasteiger partial charge on any atom is 0.240 e. The van der Waals surface area contributed by atoms with Gasteiger partial charge in [0.15, 0.2) is 0 Å². The molecule has 1 aliphatic heterocycles. The number of hydrogen-bond donors (Lipinski definition) is 1. The minimum Gasteiger partial charge on any atom is -0.352 e. The molecule has 0 spiro atoms. The number of rotatable bonds is 9. The zero-order valence-corrected chi connectivity index (χ0v) is 15.8. The molecule has 1 heterocycles. The van der Waals surface area contributed by atoms with E-state index in [1.165, 1.54) is 0 Å². The highest BCUT2D eigenvalue weighted by molar-refractivity contribution is 5.82. The average Bonchev–Trinajstić information content (AvgIpc) is 2.57. The van der Waals surface area contributed by atoms with Gasteiger partial charge in [-0.2, -0.15) is 0 Å². The maximum absolute atomic E-state index is 12.9. The van der Waals surface area contributed by atoms with Crippen molar-refractivity contribution in [2.45, 2.75) is 33.7 Å². The summed E-state index contributed by atoms with van der Waals surface area (Å²) in [7, 11) is 0. The van der Waals surface area contributed by atoms with Crippen molar-refractivity contribution in [3.63, 3.8) is 0 Å². The Labute approximate surface area is 146 Å². The van der Waals surface area contributed by atoms with E-state index in [2.05, 4.69) is 49.4 Å². The van der Waals surface area contributed by atoms with Crippen molar-refractivity contribution >= 4 is 11.8 Å². The highest BCUT2D eigenvalue weighted by Crippen LogP contribution is 2.15. The lowest BCUT2D eigenvalue weighted by molar-refractivity contribution is -0.140. The van der Waals surface area contributed by atoms with Crippen LogP contribution in [0.15, 0.2) is 12.7 Å². The van der Waals surface area contributed by atoms with Crippen LogP contribution in [-0.2, 0) is 9.59 Å². The van der Waals surface area contributed by atoms with E-state index in [4.69, 9.17) is 0 Å². The largest absolute Gasteiger partial charge is 0.352 e. The second-order valence-electron chi connectivity index (χ2n) is 6.60. The lowest BCUT2D eigenvalue weighted by atomic mass is 10.0. The lowest BCUT2D eigenvalue weighted by Crippen LogP contribution is -2.57. The minimum absolute atomic E-state index is 0.0119. The molecule has 0 aliphatic carbocycles. The summed E-state index contributed by atoms with van der Waals surface area (Å²) in [6.07, 6.45) is 1.67. The molecule has 1 saturated heterocycles. The third-order valence-corrected chi connectivity index (χ3v) is 4.58. The van der Waals surface area contributed by atoms with E-state index >= 15 is 0 Å². The Morgan fingerprint density at radius 3 is 2.21 bits per heavy atom. The van der Waals surface area contributed by atoms with Gasteiger partial charge in [0, 0.05) is 32.7 Å². The van der Waals surface area contributed by atoms with E-state index in [1.807, 2.05) is 4.90 Å². The molecule has 0 radical (unpaired) electrons. The highest BCUT2D eigenvalue weighted by atomic mass is 16.2. The van der Waals surface area contributed by atoms with Gasteiger partial charge >= 0.3 is 0 Å². The highest BCUT2D eigenvalue weighted by Gasteiger charge is 2.32. The average molecular weight is 338 g/mol. The minimum atomic E-state index is -0.0533. The molecule has 1 aliphatic rings. The van der Waals surface area contributed by atoms with Gasteiger partial charge in [-0.1, -0.05) is 33.8 Å². The fraction of sp³-hybridized carbons (Fsp3) is 0.778. The molecule has 0 aromatic heterocycles. The van der Waals surface area contributed by atoms with Crippen molar-refractivity contribution in [1.82, 2.24) is 20.0 Å². The first-order valence-corrected chi connectivity index (χ1v) is 9.07. The van der Waals surface area contributed by atoms with Crippen molar-refractivity contribution in [3.05, 3.63) is 12.7 Å². The Hall–Kier alpha value is -1.40. The SMILES string of the molecule is C=CCNC(=O)CN1CCN(C(=O)[C@H](C(C)C)N(CC)CC)CC1. The summed E-state index contributed by atoms with van der Waals surface area (Å²) in [6, 6.07) is -0.0533. The van der Waals surface area contributed by atoms with Crippen molar-refractivity contribution in [2.24, 2.45) is 5.92 Å². The molecule has 24 heavy (non-hydrogen) atoms. The summed E-state index contributed by atoms with van der Waals surface area (Å²) in [4.78, 5) is 31.0. The van der Waals surface area contributed by atoms with Crippen LogP contribution in [0.2, 0.25) is 0 Å². The number of nitrogens with one attached hydrogen (secondary N) is 1. The Kier molecular flexibility index (Phi) is 9.00. The van der Waals surface area contributed by atoms with Crippen LogP contribution in [0.1, 0.15) is 27.7 Å². The van der Waals surface area contributed by atoms with E-state index in [1.54, 1.807) is 6.08 Å². The second-order valence-corrected chi connectivity index (χ2v) is 6.60. The first-order valence-electron chi connectivity index (χ1n) is 9.07. The normalized spacial score (nSPS) is 17.2. The summed E-state index contributed by atoms with van der Waals surface area (Å²) in [6.45, 7) is 17.6. The summed E-state index contributed by atoms with van der Waals surface area (Å²) in [5, 5.41) is 2.79. The molecule has 6 heteroatoms. The summed E-state index contributed by atoms with van der Waals surface area (Å²) in [5.74, 6) is 0.530. The van der Waals surface area contributed by atoms with Gasteiger partial charge in [0.1, 0.15) is 0 Å². The number of piperazine rings is 1. The standard InChI is InChI=1S/C18H34N4O2/c1-6-9-19-16(23)14-20-10-12-22(13-11-20)18(24)17(15(4)5)21(7-2)8-3/h6,15,17H,1,7-14H2,2-5H3,(H,19,23)/t17-/m0/s1. The van der Waals surface area contributed by atoms with Crippen LogP contribution in [-0.4, -0.2) is 84.9 Å². The lowest BCUT2D eigenvalue weighted by Gasteiger charge is -2.39. The molecule has 0 saturated carbocycles. The first kappa shape index (κ1) is 20.6. The molecule has 0 bridgehead atoms. The molecule has 6 nitrogen and oxygen atoms in total. The molecule has 0 unspecified atom stereocenters. The van der Waals surface area contributed by atoms with E-state index in [-0.39, 0.29) is 17.9 Å². The second kappa shape index (κ2) is 10.5. The molecular formula is C18H34N4O2. The Bertz CT molecular complexity index is 413. The maximum atomic E-state index is 12.9. The van der Waals surface area contributed by atoms with Gasteiger partial charge in [-0.05, 0) is 19.0 Å². The van der Waals surface area contributed by atoms with Gasteiger partial charge < -0.3 is 10.2 Å². The van der Waals surface area contributed by atoms with Crippen LogP contribution in [0.25, 0.3) is 0 Å². The van der Waals surface area contributed by atoms with Gasteiger partial charge in [-0.25, -0.2) is 0 Å². The predicted molar refractivity (Wildman–Crippen MR) is 97.8 cm³/mol. The zero-order chi connectivity index (χ0) is 18.1. The third kappa shape index (κ3) is 5.91. The molecular weight excluding hydrogens is 304 g/mol. The fourth-order valence-corrected chi connectivity index (χ4v) is 3.24. The van der Waals surface area contributed by atoms with Crippen LogP contribution in [0.3, 0.4) is 0 Å². The van der Waals surface area contributed by atoms with Gasteiger partial charge in [-0.15, -0.1) is 6.58 Å². The van der Waals surface area contributed by atoms with E-state index < -0.39 is 0 Å². The number of nitrogens with zero attached hydrogens (tertiary/aromatic N) is 3. The molecule has 1 atom stereocenters. The fourth-order valence-electron chi connectivity index (χ4n) is 3.24. The van der Waals surface area contributed by atoms with Crippen LogP contribution in [0.4, 0.5) is 0 Å². The summed E-state index contributed by atoms with van der Waals surface area (Å²) >= 11 is 0. The van der Waals surface area contributed by atoms with Crippen molar-refractivity contribution < 1.29 is 9.59 Å². The van der Waals surface area contributed by atoms with Crippen LogP contribution in [0, 0.1) is 5.92 Å². The van der Waals surface area contributed by atoms with Crippen molar-refractivity contribution in [1.29, 1.82) is 0 Å². The van der Waals surface area contributed by atoms with Crippen molar-refractivity contribution in [3.8, 4) is 0 Å². The van der Waals surface area contributed by atoms with Crippen LogP contribution in [0.5, 0.6) is 0 Å². The number of likely N-dealkylation sites (N-methyl/N-ethyl adjacent to an activating group) is 1. The molecule has 0 aromatic carbocycles. The van der Waals surface area contributed by atoms with E-state index in [9.17, 15) is 9.59 Å². The van der Waals surface area contributed by atoms with Gasteiger partial charge in [0.2, 0.25) is 11.8 Å².